The maximum absolute atomic E-state index is 12.1. The Bertz CT molecular complexity index is 442. The van der Waals surface area contributed by atoms with Gasteiger partial charge in [-0.2, -0.15) is 10.2 Å². The van der Waals surface area contributed by atoms with E-state index in [1.807, 2.05) is 6.92 Å². The van der Waals surface area contributed by atoms with Gasteiger partial charge in [0.1, 0.15) is 0 Å². The minimum atomic E-state index is -0.191. The highest BCUT2D eigenvalue weighted by Gasteiger charge is 2.32. The maximum Gasteiger partial charge on any atom is 0.253 e. The number of ether oxygens (including phenoxy) is 1. The summed E-state index contributed by atoms with van der Waals surface area (Å²) in [6.45, 7) is 2.38. The summed E-state index contributed by atoms with van der Waals surface area (Å²) in [6, 6.07) is 1.74. The molecule has 2 rings (SSSR count). The van der Waals surface area contributed by atoms with Gasteiger partial charge < -0.3 is 10.1 Å². The molecule has 1 aliphatic rings. The normalized spacial score (nSPS) is 18.0. The number of hydrogen-bond donors (Lipinski definition) is 1. The smallest absolute Gasteiger partial charge is 0.253 e. The lowest BCUT2D eigenvalue weighted by atomic mass is 9.84. The van der Waals surface area contributed by atoms with Crippen molar-refractivity contribution in [1.82, 2.24) is 15.5 Å². The molecule has 0 bridgehead atoms. The number of aryl methyl sites for hydroxylation is 1. The molecular formula is C14H21N3O2. The summed E-state index contributed by atoms with van der Waals surface area (Å²) in [4.78, 5) is 12.1. The van der Waals surface area contributed by atoms with E-state index < -0.39 is 0 Å². The number of nitrogens with zero attached hydrogens (tertiary/aromatic N) is 2. The Labute approximate surface area is 113 Å². The summed E-state index contributed by atoms with van der Waals surface area (Å²) in [5.74, 6) is -0.111. The Morgan fingerprint density at radius 3 is 2.79 bits per heavy atom. The molecule has 1 amide bonds. The predicted octanol–water partition coefficient (Wildman–Crippen LogP) is 1.86. The second-order valence-electron chi connectivity index (χ2n) is 5.22. The van der Waals surface area contributed by atoms with Crippen molar-refractivity contribution in [2.45, 2.75) is 44.6 Å². The van der Waals surface area contributed by atoms with Crippen LogP contribution in [0.1, 0.15) is 48.2 Å². The fraction of sp³-hybridized carbons (Fsp3) is 0.643. The van der Waals surface area contributed by atoms with Gasteiger partial charge in [0.2, 0.25) is 0 Å². The van der Waals surface area contributed by atoms with Crippen LogP contribution in [-0.4, -0.2) is 35.4 Å². The molecule has 5 heteroatoms. The second-order valence-corrected chi connectivity index (χ2v) is 5.22. The third-order valence-corrected chi connectivity index (χ3v) is 3.81. The van der Waals surface area contributed by atoms with Crippen LogP contribution in [-0.2, 0) is 4.74 Å². The highest BCUT2D eigenvalue weighted by molar-refractivity contribution is 5.93. The quantitative estimate of drug-likeness (QED) is 0.900. The molecule has 0 saturated heterocycles. The first-order valence-electron chi connectivity index (χ1n) is 6.78. The lowest BCUT2D eigenvalue weighted by molar-refractivity contribution is -0.0363. The summed E-state index contributed by atoms with van der Waals surface area (Å²) in [6.07, 6.45) is 7.10. The largest absolute Gasteiger partial charge is 0.376 e. The maximum atomic E-state index is 12.1. The average molecular weight is 263 g/mol. The molecule has 5 nitrogen and oxygen atoms in total. The molecule has 1 aromatic rings. The zero-order chi connectivity index (χ0) is 13.7. The number of carbonyl (C=O) groups excluding carboxylic acids is 1. The van der Waals surface area contributed by atoms with Gasteiger partial charge in [-0.1, -0.05) is 19.3 Å². The number of amides is 1. The topological polar surface area (TPSA) is 64.1 Å². The van der Waals surface area contributed by atoms with Crippen molar-refractivity contribution in [2.24, 2.45) is 0 Å². The van der Waals surface area contributed by atoms with Crippen molar-refractivity contribution >= 4 is 5.91 Å². The van der Waals surface area contributed by atoms with E-state index in [0.717, 1.165) is 18.5 Å². The molecule has 0 spiro atoms. The van der Waals surface area contributed by atoms with Crippen LogP contribution >= 0.6 is 0 Å². The number of aromatic nitrogens is 2. The summed E-state index contributed by atoms with van der Waals surface area (Å²) in [5, 5.41) is 10.6. The Morgan fingerprint density at radius 2 is 2.16 bits per heavy atom. The number of rotatable bonds is 4. The molecule has 1 aliphatic carbocycles. The van der Waals surface area contributed by atoms with Crippen molar-refractivity contribution in [1.29, 1.82) is 0 Å². The summed E-state index contributed by atoms with van der Waals surface area (Å²) >= 11 is 0. The van der Waals surface area contributed by atoms with E-state index in [-0.39, 0.29) is 11.5 Å². The van der Waals surface area contributed by atoms with E-state index in [9.17, 15) is 4.79 Å². The van der Waals surface area contributed by atoms with Crippen LogP contribution in [0.15, 0.2) is 12.3 Å². The molecule has 0 radical (unpaired) electrons. The van der Waals surface area contributed by atoms with Crippen molar-refractivity contribution < 1.29 is 9.53 Å². The minimum Gasteiger partial charge on any atom is -0.376 e. The number of hydrogen-bond acceptors (Lipinski definition) is 4. The van der Waals surface area contributed by atoms with Crippen molar-refractivity contribution in [3.8, 4) is 0 Å². The average Bonchev–Trinajstić information content (AvgIpc) is 2.46. The van der Waals surface area contributed by atoms with E-state index in [1.165, 1.54) is 25.5 Å². The fourth-order valence-electron chi connectivity index (χ4n) is 2.59. The Balaban J connectivity index is 1.95. The van der Waals surface area contributed by atoms with Gasteiger partial charge in [0.05, 0.1) is 23.1 Å². The Hall–Kier alpha value is -1.49. The van der Waals surface area contributed by atoms with Gasteiger partial charge in [-0.3, -0.25) is 4.79 Å². The zero-order valence-electron chi connectivity index (χ0n) is 11.6. The molecule has 1 saturated carbocycles. The van der Waals surface area contributed by atoms with Gasteiger partial charge in [0.15, 0.2) is 0 Å². The van der Waals surface area contributed by atoms with E-state index in [4.69, 9.17) is 4.74 Å². The molecule has 0 atom stereocenters. The van der Waals surface area contributed by atoms with Gasteiger partial charge in [-0.15, -0.1) is 0 Å². The fourth-order valence-corrected chi connectivity index (χ4v) is 2.59. The van der Waals surface area contributed by atoms with Gasteiger partial charge in [-0.05, 0) is 25.8 Å². The third kappa shape index (κ3) is 3.50. The van der Waals surface area contributed by atoms with Crippen molar-refractivity contribution in [2.75, 3.05) is 13.7 Å². The van der Waals surface area contributed by atoms with Gasteiger partial charge in [-0.25, -0.2) is 0 Å². The highest BCUT2D eigenvalue weighted by atomic mass is 16.5. The molecule has 1 heterocycles. The van der Waals surface area contributed by atoms with E-state index in [0.29, 0.717) is 12.1 Å². The molecule has 0 aromatic carbocycles. The molecule has 1 aromatic heterocycles. The summed E-state index contributed by atoms with van der Waals surface area (Å²) in [7, 11) is 1.73. The van der Waals surface area contributed by atoms with Crippen LogP contribution in [0.4, 0.5) is 0 Å². The van der Waals surface area contributed by atoms with Crippen LogP contribution < -0.4 is 5.32 Å². The van der Waals surface area contributed by atoms with E-state index >= 15 is 0 Å². The first-order valence-corrected chi connectivity index (χ1v) is 6.78. The first-order chi connectivity index (χ1) is 9.15. The first kappa shape index (κ1) is 13.9. The third-order valence-electron chi connectivity index (χ3n) is 3.81. The molecule has 0 unspecified atom stereocenters. The van der Waals surface area contributed by atoms with E-state index in [1.54, 1.807) is 13.2 Å². The lowest BCUT2D eigenvalue weighted by Gasteiger charge is -2.36. The highest BCUT2D eigenvalue weighted by Crippen LogP contribution is 2.30. The molecule has 1 N–H and O–H groups in total. The van der Waals surface area contributed by atoms with Crippen molar-refractivity contribution in [3.05, 3.63) is 23.5 Å². The monoisotopic (exact) mass is 263 g/mol. The molecule has 19 heavy (non-hydrogen) atoms. The Morgan fingerprint density at radius 1 is 1.42 bits per heavy atom. The second kappa shape index (κ2) is 6.10. The van der Waals surface area contributed by atoms with Crippen LogP contribution in [0.2, 0.25) is 0 Å². The van der Waals surface area contributed by atoms with E-state index in [2.05, 4.69) is 15.5 Å². The van der Waals surface area contributed by atoms with Crippen LogP contribution in [0.25, 0.3) is 0 Å². The molecule has 1 fully saturated rings. The summed E-state index contributed by atoms with van der Waals surface area (Å²) < 4.78 is 5.65. The van der Waals surface area contributed by atoms with Crippen LogP contribution in [0.5, 0.6) is 0 Å². The van der Waals surface area contributed by atoms with Gasteiger partial charge in [0, 0.05) is 13.7 Å². The molecule has 0 aliphatic heterocycles. The number of carbonyl (C=O) groups is 1. The van der Waals surface area contributed by atoms with Gasteiger partial charge in [0.25, 0.3) is 5.91 Å². The summed E-state index contributed by atoms with van der Waals surface area (Å²) in [5.41, 5.74) is 1.10. The van der Waals surface area contributed by atoms with Crippen molar-refractivity contribution in [3.63, 3.8) is 0 Å². The van der Waals surface area contributed by atoms with Crippen LogP contribution in [0, 0.1) is 6.92 Å². The number of methoxy groups -OCH3 is 1. The minimum absolute atomic E-state index is 0.111. The SMILES string of the molecule is COC1(CNC(=O)c2cnnc(C)c2)CCCCC1. The predicted molar refractivity (Wildman–Crippen MR) is 71.9 cm³/mol. The number of nitrogens with one attached hydrogen (secondary N) is 1. The Kier molecular flexibility index (Phi) is 4.47. The standard InChI is InChI=1S/C14H21N3O2/c1-11-8-12(9-16-17-11)13(18)15-10-14(19-2)6-4-3-5-7-14/h8-9H,3-7,10H2,1-2H3,(H,15,18). The molecule has 104 valence electrons. The molecular weight excluding hydrogens is 242 g/mol. The zero-order valence-corrected chi connectivity index (χ0v) is 11.6. The lowest BCUT2D eigenvalue weighted by Crippen LogP contribution is -2.45. The van der Waals surface area contributed by atoms with Gasteiger partial charge >= 0.3 is 0 Å². The van der Waals surface area contributed by atoms with Crippen LogP contribution in [0.3, 0.4) is 0 Å².